The minimum absolute atomic E-state index is 1.07. The van der Waals surface area contributed by atoms with Gasteiger partial charge in [0.15, 0.2) is 0 Å². The molecule has 1 aliphatic rings. The van der Waals surface area contributed by atoms with Crippen LogP contribution < -0.4 is 0 Å². The first-order chi connectivity index (χ1) is 3.93. The molecule has 1 radical (unpaired) electrons. The second-order valence-electron chi connectivity index (χ2n) is 2.40. The highest BCUT2D eigenvalue weighted by Crippen LogP contribution is 2.06. The lowest BCUT2D eigenvalue weighted by atomic mass is 10.4. The van der Waals surface area contributed by atoms with Crippen molar-refractivity contribution in [2.75, 3.05) is 19.6 Å². The van der Waals surface area contributed by atoms with Crippen LogP contribution in [0.15, 0.2) is 0 Å². The zero-order chi connectivity index (χ0) is 5.82. The first-order valence-corrected chi connectivity index (χ1v) is 3.45. The van der Waals surface area contributed by atoms with Gasteiger partial charge in [-0.05, 0) is 38.9 Å². The third-order valence-corrected chi connectivity index (χ3v) is 1.67. The molecule has 47 valence electrons. The Balaban J connectivity index is 2.06. The monoisotopic (exact) mass is 112 g/mol. The fourth-order valence-electron chi connectivity index (χ4n) is 1.23. The van der Waals surface area contributed by atoms with E-state index in [1.807, 2.05) is 0 Å². The van der Waals surface area contributed by atoms with Gasteiger partial charge in [0.1, 0.15) is 0 Å². The fourth-order valence-corrected chi connectivity index (χ4v) is 1.23. The summed E-state index contributed by atoms with van der Waals surface area (Å²) in [5.74, 6) is 0. The molecule has 0 unspecified atom stereocenters. The maximum atomic E-state index is 3.81. The highest BCUT2D eigenvalue weighted by molar-refractivity contribution is 4.65. The molecule has 0 saturated carbocycles. The largest absolute Gasteiger partial charge is 0.303 e. The van der Waals surface area contributed by atoms with Crippen molar-refractivity contribution < 1.29 is 0 Å². The molecule has 0 aromatic carbocycles. The van der Waals surface area contributed by atoms with E-state index in [1.165, 1.54) is 32.5 Å². The Morgan fingerprint density at radius 1 is 1.25 bits per heavy atom. The van der Waals surface area contributed by atoms with Crippen molar-refractivity contribution in [2.24, 2.45) is 0 Å². The molecule has 1 heterocycles. The molecule has 1 nitrogen and oxygen atoms in total. The van der Waals surface area contributed by atoms with Gasteiger partial charge in [-0.1, -0.05) is 6.92 Å². The molecule has 1 saturated heterocycles. The van der Waals surface area contributed by atoms with E-state index < -0.39 is 0 Å². The van der Waals surface area contributed by atoms with Gasteiger partial charge >= 0.3 is 0 Å². The van der Waals surface area contributed by atoms with Gasteiger partial charge in [-0.3, -0.25) is 0 Å². The molecule has 0 spiro atoms. The molecular formula is C7H14N. The van der Waals surface area contributed by atoms with Crippen molar-refractivity contribution in [2.45, 2.75) is 19.3 Å². The van der Waals surface area contributed by atoms with Crippen molar-refractivity contribution in [1.29, 1.82) is 0 Å². The third kappa shape index (κ3) is 1.48. The second-order valence-corrected chi connectivity index (χ2v) is 2.40. The van der Waals surface area contributed by atoms with Gasteiger partial charge in [0.05, 0.1) is 0 Å². The number of likely N-dealkylation sites (tertiary alicyclic amines) is 1. The molecule has 1 rings (SSSR count). The van der Waals surface area contributed by atoms with Gasteiger partial charge < -0.3 is 4.90 Å². The van der Waals surface area contributed by atoms with Crippen LogP contribution in [0.1, 0.15) is 19.3 Å². The lowest BCUT2D eigenvalue weighted by Crippen LogP contribution is -2.19. The van der Waals surface area contributed by atoms with E-state index in [-0.39, 0.29) is 0 Å². The van der Waals surface area contributed by atoms with Gasteiger partial charge in [0.25, 0.3) is 0 Å². The summed E-state index contributed by atoms with van der Waals surface area (Å²) in [6.07, 6.45) is 3.88. The normalized spacial score (nSPS) is 22.1. The topological polar surface area (TPSA) is 3.24 Å². The van der Waals surface area contributed by atoms with Crippen LogP contribution >= 0.6 is 0 Å². The van der Waals surface area contributed by atoms with Crippen molar-refractivity contribution in [1.82, 2.24) is 4.90 Å². The fraction of sp³-hybridized carbons (Fsp3) is 0.857. The summed E-state index contributed by atoms with van der Waals surface area (Å²) >= 11 is 0. The van der Waals surface area contributed by atoms with E-state index in [4.69, 9.17) is 0 Å². The van der Waals surface area contributed by atoms with Crippen molar-refractivity contribution in [3.63, 3.8) is 0 Å². The van der Waals surface area contributed by atoms with Gasteiger partial charge in [-0.2, -0.15) is 0 Å². The van der Waals surface area contributed by atoms with Gasteiger partial charge in [-0.25, -0.2) is 0 Å². The minimum atomic E-state index is 1.07. The lowest BCUT2D eigenvalue weighted by molar-refractivity contribution is 0.345. The summed E-state index contributed by atoms with van der Waals surface area (Å²) in [4.78, 5) is 2.48. The molecule has 1 aliphatic heterocycles. The van der Waals surface area contributed by atoms with Crippen LogP contribution in [-0.4, -0.2) is 24.5 Å². The number of hydrogen-bond acceptors (Lipinski definition) is 1. The van der Waals surface area contributed by atoms with Crippen LogP contribution in [0.4, 0.5) is 0 Å². The van der Waals surface area contributed by atoms with E-state index in [0.29, 0.717) is 0 Å². The van der Waals surface area contributed by atoms with Crippen LogP contribution in [0.2, 0.25) is 0 Å². The molecule has 1 fully saturated rings. The van der Waals surface area contributed by atoms with Gasteiger partial charge in [-0.15, -0.1) is 0 Å². The zero-order valence-corrected chi connectivity index (χ0v) is 5.40. The molecule has 0 atom stereocenters. The van der Waals surface area contributed by atoms with Gasteiger partial charge in [0, 0.05) is 0 Å². The molecular weight excluding hydrogens is 98.1 g/mol. The smallest absolute Gasteiger partial charge is 0.00183 e. The van der Waals surface area contributed by atoms with E-state index in [1.54, 1.807) is 0 Å². The predicted octanol–water partition coefficient (Wildman–Crippen LogP) is 1.31. The van der Waals surface area contributed by atoms with Crippen LogP contribution in [0.5, 0.6) is 0 Å². The van der Waals surface area contributed by atoms with Crippen LogP contribution in [-0.2, 0) is 0 Å². The van der Waals surface area contributed by atoms with Crippen molar-refractivity contribution in [3.8, 4) is 0 Å². The molecule has 1 heteroatoms. The summed E-state index contributed by atoms with van der Waals surface area (Å²) in [7, 11) is 0. The maximum Gasteiger partial charge on any atom is -0.00183 e. The first kappa shape index (κ1) is 6.09. The lowest BCUT2D eigenvalue weighted by Gasteiger charge is -2.11. The molecule has 8 heavy (non-hydrogen) atoms. The molecule has 0 aromatic heterocycles. The maximum absolute atomic E-state index is 3.81. The molecule has 0 aromatic rings. The number of hydrogen-bond donors (Lipinski definition) is 0. The predicted molar refractivity (Wildman–Crippen MR) is 35.6 cm³/mol. The first-order valence-electron chi connectivity index (χ1n) is 3.45. The highest BCUT2D eigenvalue weighted by atomic mass is 15.1. The average molecular weight is 112 g/mol. The Bertz CT molecular complexity index is 55.4. The summed E-state index contributed by atoms with van der Waals surface area (Å²) in [6.45, 7) is 7.65. The van der Waals surface area contributed by atoms with E-state index in [2.05, 4.69) is 11.8 Å². The van der Waals surface area contributed by atoms with Gasteiger partial charge in [0.2, 0.25) is 0 Å². The Morgan fingerprint density at radius 3 is 2.38 bits per heavy atom. The highest BCUT2D eigenvalue weighted by Gasteiger charge is 2.08. The molecule has 0 N–H and O–H groups in total. The average Bonchev–Trinajstić information content (AvgIpc) is 2.19. The minimum Gasteiger partial charge on any atom is -0.303 e. The number of rotatable bonds is 2. The summed E-state index contributed by atoms with van der Waals surface area (Å²) < 4.78 is 0. The quantitative estimate of drug-likeness (QED) is 0.520. The summed E-state index contributed by atoms with van der Waals surface area (Å²) in [5, 5.41) is 0. The SMILES string of the molecule is [CH2]CCN1CCCC1. The Labute approximate surface area is 51.7 Å². The third-order valence-electron chi connectivity index (χ3n) is 1.67. The summed E-state index contributed by atoms with van der Waals surface area (Å²) in [5.41, 5.74) is 0. The second kappa shape index (κ2) is 3.08. The van der Waals surface area contributed by atoms with E-state index in [0.717, 1.165) is 6.42 Å². The zero-order valence-electron chi connectivity index (χ0n) is 5.40. The van der Waals surface area contributed by atoms with Crippen LogP contribution in [0.3, 0.4) is 0 Å². The van der Waals surface area contributed by atoms with Crippen LogP contribution in [0, 0.1) is 6.92 Å². The Hall–Kier alpha value is -0.0400. The van der Waals surface area contributed by atoms with E-state index >= 15 is 0 Å². The van der Waals surface area contributed by atoms with Crippen LogP contribution in [0.25, 0.3) is 0 Å². The standard InChI is InChI=1S/C7H14N/c1-2-5-8-6-3-4-7-8/h1-7H2. The van der Waals surface area contributed by atoms with E-state index in [9.17, 15) is 0 Å². The van der Waals surface area contributed by atoms with Crippen molar-refractivity contribution in [3.05, 3.63) is 6.92 Å². The number of nitrogens with zero attached hydrogens (tertiary/aromatic N) is 1. The molecule has 0 bridgehead atoms. The molecule has 0 aliphatic carbocycles. The summed E-state index contributed by atoms with van der Waals surface area (Å²) in [6, 6.07) is 0. The Morgan fingerprint density at radius 2 is 1.88 bits per heavy atom. The molecule has 0 amide bonds. The van der Waals surface area contributed by atoms with Crippen molar-refractivity contribution >= 4 is 0 Å². The Kier molecular flexibility index (Phi) is 2.34.